The maximum absolute atomic E-state index is 11.8. The van der Waals surface area contributed by atoms with Gasteiger partial charge >= 0.3 is 0 Å². The first-order valence-electron chi connectivity index (χ1n) is 7.87. The van der Waals surface area contributed by atoms with Crippen molar-refractivity contribution in [2.75, 3.05) is 38.2 Å². The number of piperidine rings is 2. The molecule has 2 unspecified atom stereocenters. The van der Waals surface area contributed by atoms with Crippen LogP contribution in [0.25, 0.3) is 0 Å². The molecule has 2 atom stereocenters. The van der Waals surface area contributed by atoms with E-state index in [1.165, 1.54) is 10.6 Å². The number of aromatic nitrogens is 1. The highest BCUT2D eigenvalue weighted by Gasteiger charge is 2.46. The smallest absolute Gasteiger partial charge is 0.211 e. The Bertz CT molecular complexity index is 681. The minimum atomic E-state index is -3.21. The van der Waals surface area contributed by atoms with Gasteiger partial charge in [0.05, 0.1) is 11.9 Å². The maximum atomic E-state index is 11.8. The number of likely N-dealkylation sites (tertiary alicyclic amines) is 1. The Labute approximate surface area is 137 Å². The lowest BCUT2D eigenvalue weighted by Crippen LogP contribution is -2.60. The molecule has 1 aromatic rings. The van der Waals surface area contributed by atoms with Crippen LogP contribution in [0.15, 0.2) is 18.3 Å². The fourth-order valence-electron chi connectivity index (χ4n) is 3.61. The Hall–Kier alpha value is -1.22. The van der Waals surface area contributed by atoms with Crippen molar-refractivity contribution in [3.05, 3.63) is 23.9 Å². The van der Waals surface area contributed by atoms with Gasteiger partial charge in [0.1, 0.15) is 5.82 Å². The van der Waals surface area contributed by atoms with Crippen LogP contribution in [-0.4, -0.2) is 65.7 Å². The summed E-state index contributed by atoms with van der Waals surface area (Å²) < 4.78 is 25.1. The number of nitrogens with zero attached hydrogens (tertiary/aromatic N) is 3. The van der Waals surface area contributed by atoms with Crippen molar-refractivity contribution in [3.8, 4) is 0 Å². The molecule has 3 N–H and O–H groups in total. The maximum Gasteiger partial charge on any atom is 0.211 e. The second kappa shape index (κ2) is 6.01. The van der Waals surface area contributed by atoms with Gasteiger partial charge in [-0.05, 0) is 18.9 Å². The number of hydrogen-bond acceptors (Lipinski definition) is 6. The monoisotopic (exact) mass is 340 g/mol. The van der Waals surface area contributed by atoms with Crippen LogP contribution in [0.2, 0.25) is 0 Å². The molecule has 128 valence electrons. The molecule has 0 aromatic carbocycles. The highest BCUT2D eigenvalue weighted by Crippen LogP contribution is 2.36. The number of fused-ring (bicyclic) bond motifs is 1. The average molecular weight is 340 g/mol. The predicted molar refractivity (Wildman–Crippen MR) is 88.0 cm³/mol. The molecule has 23 heavy (non-hydrogen) atoms. The third-order valence-electron chi connectivity index (χ3n) is 5.11. The minimum absolute atomic E-state index is 0.0716. The molecule has 3 rings (SSSR count). The van der Waals surface area contributed by atoms with Gasteiger partial charge in [-0.25, -0.2) is 17.7 Å². The molecule has 3 heterocycles. The first-order chi connectivity index (χ1) is 10.8. The number of aliphatic hydroxyl groups is 1. The molecule has 0 spiro atoms. The van der Waals surface area contributed by atoms with E-state index in [2.05, 4.69) is 9.88 Å². The Morgan fingerprint density at radius 2 is 2.13 bits per heavy atom. The van der Waals surface area contributed by atoms with Crippen LogP contribution in [0.4, 0.5) is 5.82 Å². The Morgan fingerprint density at radius 3 is 2.83 bits per heavy atom. The first kappa shape index (κ1) is 16.6. The third-order valence-corrected chi connectivity index (χ3v) is 6.38. The lowest BCUT2D eigenvalue weighted by Gasteiger charge is -2.49. The van der Waals surface area contributed by atoms with Gasteiger partial charge < -0.3 is 10.8 Å². The standard InChI is InChI=1S/C15H24N4O3S/c1-23(21,22)19-8-5-15(20)4-7-18(10-13(15)11-19)9-12-3-2-6-17-14(12)16/h2-3,6,13,20H,4-5,7-11H2,1H3,(H2,16,17). The number of pyridine rings is 1. The van der Waals surface area contributed by atoms with E-state index in [0.29, 0.717) is 44.8 Å². The normalized spacial score (nSPS) is 30.1. The highest BCUT2D eigenvalue weighted by atomic mass is 32.2. The van der Waals surface area contributed by atoms with E-state index in [1.54, 1.807) is 6.20 Å². The summed E-state index contributed by atoms with van der Waals surface area (Å²) in [6.45, 7) is 2.90. The van der Waals surface area contributed by atoms with Crippen molar-refractivity contribution in [2.45, 2.75) is 25.0 Å². The van der Waals surface area contributed by atoms with Gasteiger partial charge in [-0.2, -0.15) is 0 Å². The number of sulfonamides is 1. The molecule has 0 saturated carbocycles. The van der Waals surface area contributed by atoms with Crippen molar-refractivity contribution in [1.82, 2.24) is 14.2 Å². The Balaban J connectivity index is 1.71. The van der Waals surface area contributed by atoms with Gasteiger partial charge in [-0.3, -0.25) is 4.90 Å². The van der Waals surface area contributed by atoms with E-state index in [4.69, 9.17) is 5.73 Å². The summed E-state index contributed by atoms with van der Waals surface area (Å²) in [5.74, 6) is 0.451. The summed E-state index contributed by atoms with van der Waals surface area (Å²) in [6.07, 6.45) is 4.07. The van der Waals surface area contributed by atoms with Crippen molar-refractivity contribution in [2.24, 2.45) is 5.92 Å². The summed E-state index contributed by atoms with van der Waals surface area (Å²) in [5.41, 5.74) is 6.11. The van der Waals surface area contributed by atoms with E-state index in [0.717, 1.165) is 12.1 Å². The molecule has 8 heteroatoms. The number of nitrogen functional groups attached to an aromatic ring is 1. The van der Waals surface area contributed by atoms with Crippen LogP contribution in [0.3, 0.4) is 0 Å². The second-order valence-electron chi connectivity index (χ2n) is 6.70. The second-order valence-corrected chi connectivity index (χ2v) is 8.69. The summed E-state index contributed by atoms with van der Waals surface area (Å²) in [5, 5.41) is 10.8. The molecule has 7 nitrogen and oxygen atoms in total. The predicted octanol–water partition coefficient (Wildman–Crippen LogP) is -0.118. The van der Waals surface area contributed by atoms with Crippen molar-refractivity contribution >= 4 is 15.8 Å². The van der Waals surface area contributed by atoms with E-state index in [-0.39, 0.29) is 5.92 Å². The number of anilines is 1. The Kier molecular flexibility index (Phi) is 4.35. The summed E-state index contributed by atoms with van der Waals surface area (Å²) >= 11 is 0. The fraction of sp³-hybridized carbons (Fsp3) is 0.667. The van der Waals surface area contributed by atoms with E-state index >= 15 is 0 Å². The molecule has 2 aliphatic rings. The average Bonchev–Trinajstić information content (AvgIpc) is 2.48. The molecule has 0 bridgehead atoms. The van der Waals surface area contributed by atoms with E-state index < -0.39 is 15.6 Å². The van der Waals surface area contributed by atoms with Crippen LogP contribution in [0.1, 0.15) is 18.4 Å². The zero-order valence-corrected chi connectivity index (χ0v) is 14.2. The van der Waals surface area contributed by atoms with Gasteiger partial charge in [0.15, 0.2) is 0 Å². The number of rotatable bonds is 3. The Morgan fingerprint density at radius 1 is 1.39 bits per heavy atom. The topological polar surface area (TPSA) is 99.8 Å². The summed E-state index contributed by atoms with van der Waals surface area (Å²) in [7, 11) is -3.21. The van der Waals surface area contributed by atoms with Gasteiger partial charge in [-0.15, -0.1) is 0 Å². The third kappa shape index (κ3) is 3.50. The quantitative estimate of drug-likeness (QED) is 0.796. The molecular weight excluding hydrogens is 316 g/mol. The van der Waals surface area contributed by atoms with Crippen LogP contribution >= 0.6 is 0 Å². The zero-order valence-electron chi connectivity index (χ0n) is 13.4. The molecular formula is C15H24N4O3S. The molecule has 0 amide bonds. The van der Waals surface area contributed by atoms with E-state index in [1.807, 2.05) is 12.1 Å². The molecule has 1 aromatic heterocycles. The molecule has 2 fully saturated rings. The highest BCUT2D eigenvalue weighted by molar-refractivity contribution is 7.88. The first-order valence-corrected chi connectivity index (χ1v) is 9.72. The molecule has 0 aliphatic carbocycles. The van der Waals surface area contributed by atoms with Gasteiger partial charge in [0.2, 0.25) is 10.0 Å². The zero-order chi connectivity index (χ0) is 16.7. The number of nitrogens with two attached hydrogens (primary N) is 1. The van der Waals surface area contributed by atoms with Crippen LogP contribution in [0, 0.1) is 5.92 Å². The largest absolute Gasteiger partial charge is 0.389 e. The lowest BCUT2D eigenvalue weighted by atomic mass is 9.76. The van der Waals surface area contributed by atoms with Gasteiger partial charge in [-0.1, -0.05) is 6.07 Å². The van der Waals surface area contributed by atoms with Crippen molar-refractivity contribution in [1.29, 1.82) is 0 Å². The molecule has 0 radical (unpaired) electrons. The van der Waals surface area contributed by atoms with Crippen molar-refractivity contribution in [3.63, 3.8) is 0 Å². The van der Waals surface area contributed by atoms with E-state index in [9.17, 15) is 13.5 Å². The fourth-order valence-corrected chi connectivity index (χ4v) is 4.48. The van der Waals surface area contributed by atoms with Crippen molar-refractivity contribution < 1.29 is 13.5 Å². The summed E-state index contributed by atoms with van der Waals surface area (Å²) in [6, 6.07) is 3.81. The van der Waals surface area contributed by atoms with Crippen LogP contribution in [-0.2, 0) is 16.6 Å². The van der Waals surface area contributed by atoms with Crippen LogP contribution < -0.4 is 5.73 Å². The van der Waals surface area contributed by atoms with Crippen LogP contribution in [0.5, 0.6) is 0 Å². The van der Waals surface area contributed by atoms with Gasteiger partial charge in [0, 0.05) is 50.4 Å². The lowest BCUT2D eigenvalue weighted by molar-refractivity contribution is -0.102. The minimum Gasteiger partial charge on any atom is -0.389 e. The molecule has 2 saturated heterocycles. The molecule has 2 aliphatic heterocycles. The number of hydrogen-bond donors (Lipinski definition) is 2. The van der Waals surface area contributed by atoms with Gasteiger partial charge in [0.25, 0.3) is 0 Å². The SMILES string of the molecule is CS(=O)(=O)N1CCC2(O)CCN(Cc3cccnc3N)CC2C1. The summed E-state index contributed by atoms with van der Waals surface area (Å²) in [4.78, 5) is 6.32.